The van der Waals surface area contributed by atoms with Crippen LogP contribution in [-0.4, -0.2) is 63.4 Å². The van der Waals surface area contributed by atoms with Crippen molar-refractivity contribution < 1.29 is 9.59 Å². The van der Waals surface area contributed by atoms with Gasteiger partial charge in [-0.3, -0.25) is 9.59 Å². The first kappa shape index (κ1) is 16.0. The molecule has 114 valence electrons. The van der Waals surface area contributed by atoms with E-state index in [1.807, 2.05) is 37.4 Å². The van der Waals surface area contributed by atoms with Crippen molar-refractivity contribution in [3.8, 4) is 0 Å². The average Bonchev–Trinajstić information content (AvgIpc) is 2.84. The van der Waals surface area contributed by atoms with E-state index in [4.69, 9.17) is 0 Å². The van der Waals surface area contributed by atoms with Crippen molar-refractivity contribution in [2.24, 2.45) is 5.41 Å². The molecule has 6 heteroatoms. The number of nitrogens with zero attached hydrogens (tertiary/aromatic N) is 2. The van der Waals surface area contributed by atoms with Gasteiger partial charge in [0.05, 0.1) is 5.88 Å². The van der Waals surface area contributed by atoms with E-state index in [1.54, 1.807) is 16.7 Å². The van der Waals surface area contributed by atoms with Gasteiger partial charge in [-0.25, -0.2) is 0 Å². The lowest BCUT2D eigenvalue weighted by molar-refractivity contribution is -0.147. The Morgan fingerprint density at radius 1 is 1.25 bits per heavy atom. The highest BCUT2D eigenvalue weighted by Gasteiger charge is 2.41. The lowest BCUT2D eigenvalue weighted by Crippen LogP contribution is -2.53. The zero-order chi connectivity index (χ0) is 14.9. The van der Waals surface area contributed by atoms with E-state index in [9.17, 15) is 9.59 Å². The Morgan fingerprint density at radius 2 is 1.95 bits per heavy atom. The molecule has 4 nitrogen and oxygen atoms in total. The predicted molar refractivity (Wildman–Crippen MR) is 85.9 cm³/mol. The van der Waals surface area contributed by atoms with Crippen LogP contribution >= 0.6 is 23.5 Å². The van der Waals surface area contributed by atoms with Gasteiger partial charge in [-0.05, 0) is 0 Å². The summed E-state index contributed by atoms with van der Waals surface area (Å²) >= 11 is 3.59. The van der Waals surface area contributed by atoms with Crippen LogP contribution in [0, 0.1) is 5.41 Å². The van der Waals surface area contributed by atoms with Gasteiger partial charge in [0.1, 0.15) is 6.04 Å². The number of carbonyl (C=O) groups is 2. The number of amides is 2. The van der Waals surface area contributed by atoms with Crippen molar-refractivity contribution in [1.82, 2.24) is 9.80 Å². The Hall–Kier alpha value is -0.360. The highest BCUT2D eigenvalue weighted by molar-refractivity contribution is 8.00. The SMILES string of the molecule is C[C@H]1CN(C(=O)[C@@H]2CSCN2C(=O)C(C)(C)C)CCS1. The Kier molecular flexibility index (Phi) is 4.95. The third kappa shape index (κ3) is 3.45. The number of thioether (sulfide) groups is 2. The van der Waals surface area contributed by atoms with Crippen LogP contribution in [0.25, 0.3) is 0 Å². The van der Waals surface area contributed by atoms with Crippen molar-refractivity contribution in [1.29, 1.82) is 0 Å². The largest absolute Gasteiger partial charge is 0.339 e. The summed E-state index contributed by atoms with van der Waals surface area (Å²) in [5, 5.41) is 0.494. The highest BCUT2D eigenvalue weighted by atomic mass is 32.2. The van der Waals surface area contributed by atoms with Crippen molar-refractivity contribution >= 4 is 35.3 Å². The van der Waals surface area contributed by atoms with Gasteiger partial charge < -0.3 is 9.80 Å². The number of rotatable bonds is 1. The summed E-state index contributed by atoms with van der Waals surface area (Å²) in [7, 11) is 0. The van der Waals surface area contributed by atoms with E-state index in [1.165, 1.54) is 0 Å². The quantitative estimate of drug-likeness (QED) is 0.741. The Balaban J connectivity index is 2.06. The van der Waals surface area contributed by atoms with Gasteiger partial charge >= 0.3 is 0 Å². The van der Waals surface area contributed by atoms with Crippen molar-refractivity contribution in [3.63, 3.8) is 0 Å². The van der Waals surface area contributed by atoms with Gasteiger partial charge in [0.15, 0.2) is 0 Å². The molecular formula is C14H24N2O2S2. The Bertz CT molecular complexity index is 395. The molecule has 0 spiro atoms. The predicted octanol–water partition coefficient (Wildman–Crippen LogP) is 1.90. The van der Waals surface area contributed by atoms with Gasteiger partial charge in [-0.15, -0.1) is 11.8 Å². The van der Waals surface area contributed by atoms with E-state index >= 15 is 0 Å². The molecule has 2 fully saturated rings. The monoisotopic (exact) mass is 316 g/mol. The fourth-order valence-corrected chi connectivity index (χ4v) is 4.67. The van der Waals surface area contributed by atoms with Gasteiger partial charge in [0, 0.05) is 35.3 Å². The Labute approximate surface area is 130 Å². The zero-order valence-electron chi connectivity index (χ0n) is 12.7. The van der Waals surface area contributed by atoms with Crippen LogP contribution in [-0.2, 0) is 9.59 Å². The summed E-state index contributed by atoms with van der Waals surface area (Å²) in [6.07, 6.45) is 0. The van der Waals surface area contributed by atoms with E-state index in [0.717, 1.165) is 24.6 Å². The third-order valence-corrected chi connectivity index (χ3v) is 5.77. The minimum Gasteiger partial charge on any atom is -0.339 e. The summed E-state index contributed by atoms with van der Waals surface area (Å²) < 4.78 is 0. The molecule has 2 aliphatic heterocycles. The molecule has 2 rings (SSSR count). The summed E-state index contributed by atoms with van der Waals surface area (Å²) in [4.78, 5) is 28.9. The van der Waals surface area contributed by atoms with Crippen LogP contribution in [0.15, 0.2) is 0 Å². The van der Waals surface area contributed by atoms with Gasteiger partial charge in [-0.1, -0.05) is 27.7 Å². The number of carbonyl (C=O) groups excluding carboxylic acids is 2. The molecule has 2 saturated heterocycles. The minimum atomic E-state index is -0.422. The smallest absolute Gasteiger partial charge is 0.246 e. The first-order chi connectivity index (χ1) is 9.30. The average molecular weight is 316 g/mol. The molecule has 0 aliphatic carbocycles. The molecule has 0 aromatic carbocycles. The third-order valence-electron chi connectivity index (χ3n) is 3.62. The molecule has 0 aromatic heterocycles. The maximum atomic E-state index is 12.7. The van der Waals surface area contributed by atoms with Gasteiger partial charge in [-0.2, -0.15) is 11.8 Å². The van der Waals surface area contributed by atoms with Crippen LogP contribution in [0.3, 0.4) is 0 Å². The summed E-state index contributed by atoms with van der Waals surface area (Å²) in [5.41, 5.74) is -0.422. The van der Waals surface area contributed by atoms with Crippen LogP contribution in [0.1, 0.15) is 27.7 Å². The van der Waals surface area contributed by atoms with Gasteiger partial charge in [0.25, 0.3) is 0 Å². The van der Waals surface area contributed by atoms with E-state index < -0.39 is 5.41 Å². The lowest BCUT2D eigenvalue weighted by Gasteiger charge is -2.36. The van der Waals surface area contributed by atoms with Crippen molar-refractivity contribution in [2.45, 2.75) is 39.0 Å². The fraction of sp³-hybridized carbons (Fsp3) is 0.857. The molecule has 20 heavy (non-hydrogen) atoms. The number of hydrogen-bond acceptors (Lipinski definition) is 4. The molecule has 0 radical (unpaired) electrons. The molecule has 0 bridgehead atoms. The molecule has 2 heterocycles. The second-order valence-electron chi connectivity index (χ2n) is 6.51. The molecule has 2 aliphatic rings. The Morgan fingerprint density at radius 3 is 2.55 bits per heavy atom. The number of hydrogen-bond donors (Lipinski definition) is 0. The van der Waals surface area contributed by atoms with Crippen LogP contribution in [0.2, 0.25) is 0 Å². The lowest BCUT2D eigenvalue weighted by atomic mass is 9.94. The van der Waals surface area contributed by atoms with E-state index in [2.05, 4.69) is 6.92 Å². The van der Waals surface area contributed by atoms with Crippen molar-refractivity contribution in [2.75, 3.05) is 30.5 Å². The molecule has 2 atom stereocenters. The van der Waals surface area contributed by atoms with Crippen molar-refractivity contribution in [3.05, 3.63) is 0 Å². The molecule has 0 aromatic rings. The maximum absolute atomic E-state index is 12.7. The highest BCUT2D eigenvalue weighted by Crippen LogP contribution is 2.29. The maximum Gasteiger partial charge on any atom is 0.246 e. The van der Waals surface area contributed by atoms with Crippen LogP contribution in [0.5, 0.6) is 0 Å². The molecule has 2 amide bonds. The van der Waals surface area contributed by atoms with Crippen LogP contribution < -0.4 is 0 Å². The summed E-state index contributed by atoms with van der Waals surface area (Å²) in [6, 6.07) is -0.262. The topological polar surface area (TPSA) is 40.6 Å². The molecule has 0 unspecified atom stereocenters. The molecule has 0 N–H and O–H groups in total. The second-order valence-corrected chi connectivity index (χ2v) is 9.05. The molecular weight excluding hydrogens is 292 g/mol. The minimum absolute atomic E-state index is 0.0836. The summed E-state index contributed by atoms with van der Waals surface area (Å²) in [5.74, 6) is 2.60. The van der Waals surface area contributed by atoms with Crippen LogP contribution in [0.4, 0.5) is 0 Å². The first-order valence-electron chi connectivity index (χ1n) is 7.10. The fourth-order valence-electron chi connectivity index (χ4n) is 2.51. The van der Waals surface area contributed by atoms with Gasteiger partial charge in [0.2, 0.25) is 11.8 Å². The first-order valence-corrected chi connectivity index (χ1v) is 9.30. The van der Waals surface area contributed by atoms with E-state index in [-0.39, 0.29) is 17.9 Å². The standard InChI is InChI=1S/C14H24N2O2S2/c1-10-7-15(5-6-20-10)12(17)11-8-19-9-16(11)13(18)14(2,3)4/h10-11H,5-9H2,1-4H3/t10-,11-/m0/s1. The normalized spacial score (nSPS) is 27.8. The second kappa shape index (κ2) is 6.18. The summed E-state index contributed by atoms with van der Waals surface area (Å²) in [6.45, 7) is 9.53. The molecule has 0 saturated carbocycles. The zero-order valence-corrected chi connectivity index (χ0v) is 14.4. The van der Waals surface area contributed by atoms with E-state index in [0.29, 0.717) is 11.1 Å².